The molecule has 0 amide bonds. The maximum atomic E-state index is 13.4. The molecule has 0 aliphatic rings. The van der Waals surface area contributed by atoms with Crippen LogP contribution in [0.4, 0.5) is 8.78 Å². The smallest absolute Gasteiger partial charge is 0.343 e. The van der Waals surface area contributed by atoms with Gasteiger partial charge >= 0.3 is 5.97 Å². The molecule has 1 aromatic heterocycles. The molecule has 116 valence electrons. The van der Waals surface area contributed by atoms with Crippen LogP contribution in [0.15, 0.2) is 50.1 Å². The van der Waals surface area contributed by atoms with Crippen LogP contribution in [-0.4, -0.2) is 11.1 Å². The third kappa shape index (κ3) is 2.75. The van der Waals surface area contributed by atoms with Gasteiger partial charge in [-0.25, -0.2) is 13.6 Å². The van der Waals surface area contributed by atoms with E-state index < -0.39 is 34.4 Å². The molecule has 0 aliphatic heterocycles. The summed E-state index contributed by atoms with van der Waals surface area (Å²) in [6.07, 6.45) is 0. The lowest BCUT2D eigenvalue weighted by Crippen LogP contribution is -2.16. The summed E-state index contributed by atoms with van der Waals surface area (Å²) in [6.45, 7) is 0. The molecule has 0 fully saturated rings. The van der Waals surface area contributed by atoms with Crippen molar-refractivity contribution in [3.05, 3.63) is 68.3 Å². The lowest BCUT2D eigenvalue weighted by Gasteiger charge is -2.08. The fourth-order valence-corrected chi connectivity index (χ4v) is 2.61. The van der Waals surface area contributed by atoms with Crippen LogP contribution < -0.4 is 5.43 Å². The number of rotatable bonds is 2. The second-order valence-corrected chi connectivity index (χ2v) is 5.65. The lowest BCUT2D eigenvalue weighted by molar-refractivity contribution is 0.0694. The summed E-state index contributed by atoms with van der Waals surface area (Å²) in [4.78, 5) is 23.9. The van der Waals surface area contributed by atoms with Gasteiger partial charge < -0.3 is 9.52 Å². The molecule has 0 aliphatic carbocycles. The van der Waals surface area contributed by atoms with Crippen LogP contribution in [-0.2, 0) is 0 Å². The molecule has 0 bridgehead atoms. The topological polar surface area (TPSA) is 67.5 Å². The Hall–Kier alpha value is -2.54. The first-order chi connectivity index (χ1) is 10.9. The van der Waals surface area contributed by atoms with E-state index in [1.807, 2.05) is 0 Å². The van der Waals surface area contributed by atoms with Crippen molar-refractivity contribution in [1.29, 1.82) is 0 Å². The summed E-state index contributed by atoms with van der Waals surface area (Å²) in [6, 6.07) is 6.92. The van der Waals surface area contributed by atoms with E-state index in [-0.39, 0.29) is 16.5 Å². The summed E-state index contributed by atoms with van der Waals surface area (Å²) in [7, 11) is 0. The van der Waals surface area contributed by atoms with Crippen LogP contribution in [0.5, 0.6) is 0 Å². The van der Waals surface area contributed by atoms with Crippen LogP contribution >= 0.6 is 15.9 Å². The Balaban J connectivity index is 2.44. The van der Waals surface area contributed by atoms with Crippen molar-refractivity contribution in [1.82, 2.24) is 0 Å². The van der Waals surface area contributed by atoms with Gasteiger partial charge in [0.2, 0.25) is 5.43 Å². The molecule has 2 aromatic carbocycles. The Morgan fingerprint density at radius 3 is 2.35 bits per heavy atom. The van der Waals surface area contributed by atoms with Crippen molar-refractivity contribution in [2.24, 2.45) is 0 Å². The Morgan fingerprint density at radius 1 is 1.09 bits per heavy atom. The average Bonchev–Trinajstić information content (AvgIpc) is 2.46. The Labute approximate surface area is 136 Å². The van der Waals surface area contributed by atoms with E-state index in [2.05, 4.69) is 15.9 Å². The van der Waals surface area contributed by atoms with Gasteiger partial charge in [-0.3, -0.25) is 4.79 Å². The summed E-state index contributed by atoms with van der Waals surface area (Å²) < 4.78 is 32.8. The van der Waals surface area contributed by atoms with Gasteiger partial charge in [-0.05, 0) is 30.3 Å². The van der Waals surface area contributed by atoms with Crippen molar-refractivity contribution in [2.45, 2.75) is 0 Å². The standard InChI is InChI=1S/C16H7BrF2O4/c17-8-1-2-12-11(5-8)14(20)13(16(21)22)15(23-12)7-3-9(18)6-10(19)4-7/h1-6H,(H,21,22). The van der Waals surface area contributed by atoms with Gasteiger partial charge in [0.05, 0.1) is 5.39 Å². The quantitative estimate of drug-likeness (QED) is 0.723. The molecule has 0 atom stereocenters. The molecule has 23 heavy (non-hydrogen) atoms. The molecule has 1 heterocycles. The second kappa shape index (κ2) is 5.58. The Bertz CT molecular complexity index is 991. The number of halogens is 3. The first kappa shape index (κ1) is 15.4. The Kier molecular flexibility index (Phi) is 3.73. The van der Waals surface area contributed by atoms with E-state index in [1.165, 1.54) is 12.1 Å². The third-order valence-corrected chi connectivity index (χ3v) is 3.68. The van der Waals surface area contributed by atoms with E-state index >= 15 is 0 Å². The molecular formula is C16H7BrF2O4. The molecule has 7 heteroatoms. The molecular weight excluding hydrogens is 374 g/mol. The van der Waals surface area contributed by atoms with E-state index in [9.17, 15) is 23.5 Å². The van der Waals surface area contributed by atoms with Crippen molar-refractivity contribution >= 4 is 32.9 Å². The number of aromatic carboxylic acids is 1. The van der Waals surface area contributed by atoms with Crippen molar-refractivity contribution in [2.75, 3.05) is 0 Å². The maximum absolute atomic E-state index is 13.4. The van der Waals surface area contributed by atoms with E-state index in [1.54, 1.807) is 6.07 Å². The summed E-state index contributed by atoms with van der Waals surface area (Å²) >= 11 is 3.18. The largest absolute Gasteiger partial charge is 0.477 e. The van der Waals surface area contributed by atoms with E-state index in [0.29, 0.717) is 10.5 Å². The van der Waals surface area contributed by atoms with Crippen LogP contribution in [0.2, 0.25) is 0 Å². The zero-order valence-corrected chi connectivity index (χ0v) is 12.9. The Morgan fingerprint density at radius 2 is 1.74 bits per heavy atom. The zero-order chi connectivity index (χ0) is 16.7. The van der Waals surface area contributed by atoms with Crippen molar-refractivity contribution in [3.63, 3.8) is 0 Å². The van der Waals surface area contributed by atoms with Crippen LogP contribution in [0.25, 0.3) is 22.3 Å². The number of hydrogen-bond donors (Lipinski definition) is 1. The maximum Gasteiger partial charge on any atom is 0.343 e. The number of fused-ring (bicyclic) bond motifs is 1. The zero-order valence-electron chi connectivity index (χ0n) is 11.3. The molecule has 4 nitrogen and oxygen atoms in total. The van der Waals surface area contributed by atoms with Crippen LogP contribution in [0, 0.1) is 11.6 Å². The SMILES string of the molecule is O=C(O)c1c(-c2cc(F)cc(F)c2)oc2ccc(Br)cc2c1=O. The van der Waals surface area contributed by atoms with Crippen LogP contribution in [0.1, 0.15) is 10.4 Å². The summed E-state index contributed by atoms with van der Waals surface area (Å²) in [5.74, 6) is -3.75. The molecule has 0 spiro atoms. The number of carbonyl (C=O) groups is 1. The van der Waals surface area contributed by atoms with Crippen LogP contribution in [0.3, 0.4) is 0 Å². The minimum absolute atomic E-state index is 0.0531. The van der Waals surface area contributed by atoms with Gasteiger partial charge in [0.15, 0.2) is 11.3 Å². The fourth-order valence-electron chi connectivity index (χ4n) is 2.25. The van der Waals surface area contributed by atoms with Gasteiger partial charge in [0.25, 0.3) is 0 Å². The average molecular weight is 381 g/mol. The van der Waals surface area contributed by atoms with Crippen molar-refractivity contribution in [3.8, 4) is 11.3 Å². The summed E-state index contributed by atoms with van der Waals surface area (Å²) in [5.41, 5.74) is -1.52. The fraction of sp³-hybridized carbons (Fsp3) is 0. The summed E-state index contributed by atoms with van der Waals surface area (Å²) in [5, 5.41) is 9.37. The number of hydrogen-bond acceptors (Lipinski definition) is 3. The molecule has 3 aromatic rings. The van der Waals surface area contributed by atoms with E-state index in [0.717, 1.165) is 12.1 Å². The monoisotopic (exact) mass is 380 g/mol. The highest BCUT2D eigenvalue weighted by Gasteiger charge is 2.22. The minimum atomic E-state index is -1.54. The van der Waals surface area contributed by atoms with Gasteiger partial charge in [-0.2, -0.15) is 0 Å². The molecule has 1 N–H and O–H groups in total. The van der Waals surface area contributed by atoms with Gasteiger partial charge in [0, 0.05) is 16.1 Å². The molecule has 0 radical (unpaired) electrons. The lowest BCUT2D eigenvalue weighted by atomic mass is 10.0. The number of benzene rings is 2. The van der Waals surface area contributed by atoms with E-state index in [4.69, 9.17) is 4.42 Å². The highest BCUT2D eigenvalue weighted by atomic mass is 79.9. The first-order valence-electron chi connectivity index (χ1n) is 6.33. The second-order valence-electron chi connectivity index (χ2n) is 4.74. The first-order valence-corrected chi connectivity index (χ1v) is 7.12. The highest BCUT2D eigenvalue weighted by molar-refractivity contribution is 9.10. The normalized spacial score (nSPS) is 10.9. The van der Waals surface area contributed by atoms with Gasteiger partial charge in [-0.1, -0.05) is 15.9 Å². The van der Waals surface area contributed by atoms with Gasteiger partial charge in [0.1, 0.15) is 17.2 Å². The molecule has 0 saturated carbocycles. The third-order valence-electron chi connectivity index (χ3n) is 3.19. The molecule has 0 saturated heterocycles. The highest BCUT2D eigenvalue weighted by Crippen LogP contribution is 2.28. The molecule has 3 rings (SSSR count). The number of carboxylic acid groups (broad SMARTS) is 1. The molecule has 0 unspecified atom stereocenters. The van der Waals surface area contributed by atoms with Gasteiger partial charge in [-0.15, -0.1) is 0 Å². The predicted molar refractivity (Wildman–Crippen MR) is 82.5 cm³/mol. The predicted octanol–water partition coefficient (Wildman–Crippen LogP) is 4.20. The number of carboxylic acids is 1. The minimum Gasteiger partial charge on any atom is -0.477 e. The van der Waals surface area contributed by atoms with Crippen molar-refractivity contribution < 1.29 is 23.1 Å².